The van der Waals surface area contributed by atoms with Crippen LogP contribution in [-0.4, -0.2) is 89.7 Å². The van der Waals surface area contributed by atoms with E-state index < -0.39 is 10.8 Å². The van der Waals surface area contributed by atoms with Crippen molar-refractivity contribution in [3.8, 4) is 35.0 Å². The van der Waals surface area contributed by atoms with E-state index in [4.69, 9.17) is 40.5 Å². The Bertz CT molecular complexity index is 2000. The summed E-state index contributed by atoms with van der Waals surface area (Å²) in [5.41, 5.74) is 1.56. The zero-order valence-corrected chi connectivity index (χ0v) is 34.7. The van der Waals surface area contributed by atoms with Crippen LogP contribution in [0, 0.1) is 27.1 Å². The smallest absolute Gasteiger partial charge is 0.224 e. The SMILES string of the molecule is CC(C)(C#N)c1nc(-c2cccc3[nH]ccc23)nc2c1OCC1COCCN21.CC(C)(C#N)c1nc(Cl)nc2c1OCC1COCCN21.CC[CH-]I.[V]. The number of nitrogens with one attached hydrogen (secondary N) is 1. The summed E-state index contributed by atoms with van der Waals surface area (Å²) in [6, 6.07) is 12.9. The van der Waals surface area contributed by atoms with Gasteiger partial charge in [0, 0.05) is 54.3 Å². The number of rotatable bonds is 4. The maximum absolute atomic E-state index is 9.78. The first-order valence-corrected chi connectivity index (χ1v) is 18.9. The molecule has 0 bridgehead atoms. The fourth-order valence-corrected chi connectivity index (χ4v) is 6.53. The quantitative estimate of drug-likeness (QED) is 0.134. The van der Waals surface area contributed by atoms with Crippen LogP contribution in [0.4, 0.5) is 11.6 Å². The molecule has 2 fully saturated rings. The van der Waals surface area contributed by atoms with Crippen molar-refractivity contribution in [1.82, 2.24) is 24.9 Å². The number of hydrogen-bond donors (Lipinski definition) is 1. The van der Waals surface area contributed by atoms with Gasteiger partial charge < -0.3 is 56.3 Å². The maximum Gasteiger partial charge on any atom is 0.224 e. The zero-order chi connectivity index (χ0) is 37.0. The third kappa shape index (κ3) is 8.48. The van der Waals surface area contributed by atoms with E-state index in [2.05, 4.69) is 70.8 Å². The van der Waals surface area contributed by atoms with E-state index >= 15 is 0 Å². The molecule has 4 aliphatic heterocycles. The minimum Gasteiger partial charge on any atom is -0.486 e. The molecular weight excluding hydrogens is 848 g/mol. The third-order valence-electron chi connectivity index (χ3n) is 9.24. The first kappa shape index (κ1) is 40.8. The summed E-state index contributed by atoms with van der Waals surface area (Å²) in [6.07, 6.45) is 3.09. The van der Waals surface area contributed by atoms with Crippen LogP contribution in [0.3, 0.4) is 0 Å². The summed E-state index contributed by atoms with van der Waals surface area (Å²) >= 11 is 8.26. The van der Waals surface area contributed by atoms with Gasteiger partial charge in [0.15, 0.2) is 29.0 Å². The molecule has 4 aliphatic rings. The van der Waals surface area contributed by atoms with Crippen LogP contribution in [0.1, 0.15) is 52.4 Å². The van der Waals surface area contributed by atoms with Crippen molar-refractivity contribution in [1.29, 1.82) is 10.5 Å². The van der Waals surface area contributed by atoms with Crippen molar-refractivity contribution in [2.45, 2.75) is 64.0 Å². The molecule has 2 unspecified atom stereocenters. The van der Waals surface area contributed by atoms with Crippen molar-refractivity contribution in [2.24, 2.45) is 0 Å². The summed E-state index contributed by atoms with van der Waals surface area (Å²) in [7, 11) is 0. The summed E-state index contributed by atoms with van der Waals surface area (Å²) in [6.45, 7) is 14.5. The fraction of sp³-hybridized carbons (Fsp3) is 0.486. The second kappa shape index (κ2) is 17.4. The van der Waals surface area contributed by atoms with Crippen LogP contribution >= 0.6 is 34.2 Å². The van der Waals surface area contributed by atoms with Gasteiger partial charge in [-0.2, -0.15) is 21.9 Å². The number of nitriles is 2. The molecule has 0 saturated carbocycles. The number of benzene rings is 1. The normalized spacial score (nSPS) is 18.7. The first-order chi connectivity index (χ1) is 25.0. The molecule has 3 aromatic heterocycles. The van der Waals surface area contributed by atoms with Gasteiger partial charge in [-0.05, 0) is 51.4 Å². The number of ether oxygens (including phenoxy) is 4. The van der Waals surface area contributed by atoms with Gasteiger partial charge in [0.2, 0.25) is 5.28 Å². The Morgan fingerprint density at radius 1 is 0.868 bits per heavy atom. The number of aromatic amines is 1. The third-order valence-corrected chi connectivity index (χ3v) is 10.3. The average molecular weight is 890 g/mol. The van der Waals surface area contributed by atoms with E-state index in [-0.39, 0.29) is 35.9 Å². The number of halogens is 2. The molecule has 1 N–H and O–H groups in total. The van der Waals surface area contributed by atoms with E-state index in [1.165, 1.54) is 6.42 Å². The number of anilines is 2. The van der Waals surface area contributed by atoms with Crippen molar-refractivity contribution >= 4 is 56.7 Å². The Labute approximate surface area is 340 Å². The van der Waals surface area contributed by atoms with Crippen LogP contribution in [0.5, 0.6) is 11.5 Å². The number of fused-ring (bicyclic) bond motifs is 7. The van der Waals surface area contributed by atoms with Crippen LogP contribution in [-0.2, 0) is 38.9 Å². The molecule has 4 aromatic rings. The molecule has 0 spiro atoms. The van der Waals surface area contributed by atoms with E-state index in [0.29, 0.717) is 74.2 Å². The van der Waals surface area contributed by atoms with Gasteiger partial charge in [-0.25, -0.2) is 15.0 Å². The summed E-state index contributed by atoms with van der Waals surface area (Å²) in [4.78, 5) is 25.9. The molecule has 2 atom stereocenters. The second-order valence-electron chi connectivity index (χ2n) is 13.8. The Morgan fingerprint density at radius 3 is 1.96 bits per heavy atom. The summed E-state index contributed by atoms with van der Waals surface area (Å²) < 4.78 is 25.0. The molecule has 8 rings (SSSR count). The van der Waals surface area contributed by atoms with Crippen LogP contribution in [0.25, 0.3) is 22.3 Å². The van der Waals surface area contributed by atoms with E-state index in [1.54, 1.807) is 13.8 Å². The van der Waals surface area contributed by atoms with Gasteiger partial charge >= 0.3 is 0 Å². The van der Waals surface area contributed by atoms with E-state index in [0.717, 1.165) is 35.4 Å². The largest absolute Gasteiger partial charge is 0.486 e. The topological polar surface area (TPSA) is 158 Å². The summed E-state index contributed by atoms with van der Waals surface area (Å²) in [5.74, 6) is 3.23. The average Bonchev–Trinajstić information content (AvgIpc) is 3.67. The molecule has 2 saturated heterocycles. The Morgan fingerprint density at radius 2 is 1.42 bits per heavy atom. The first-order valence-electron chi connectivity index (χ1n) is 17.3. The molecule has 7 heterocycles. The molecule has 279 valence electrons. The molecule has 1 aromatic carbocycles. The van der Waals surface area contributed by atoms with Gasteiger partial charge in [0.1, 0.15) is 24.6 Å². The van der Waals surface area contributed by atoms with Gasteiger partial charge in [-0.15, -0.1) is 0 Å². The fourth-order valence-electron chi connectivity index (χ4n) is 6.36. The predicted octanol–water partition coefficient (Wildman–Crippen LogP) is 6.54. The molecular formula is C37H42ClIN9O4V-. The molecule has 0 amide bonds. The zero-order valence-electron chi connectivity index (χ0n) is 30.4. The van der Waals surface area contributed by atoms with E-state index in [9.17, 15) is 10.5 Å². The molecule has 16 heteroatoms. The van der Waals surface area contributed by atoms with Crippen molar-refractivity contribution in [3.05, 3.63) is 51.6 Å². The standard InChI is InChI=1S/C21H21N5O2.C13H15ClN4O2.C3H6I.V/c1-21(2,12-22)18-17-20(26-8-9-27-10-13(26)11-28-17)25-19(24-18)15-4-3-5-16-14(15)6-7-23-16;1-13(2,7-15)10-9-11(17-12(14)16-10)18-3-4-19-5-8(18)6-20-9;1-2-3-4;/h3-7,13,23H,8-11H2,1-2H3;8H,3-6H2,1-2H3;3H,2H2,1H3;/q;;-1;. The van der Waals surface area contributed by atoms with Gasteiger partial charge in [-0.3, -0.25) is 4.43 Å². The number of hydrogen-bond acceptors (Lipinski definition) is 12. The maximum atomic E-state index is 9.78. The summed E-state index contributed by atoms with van der Waals surface area (Å²) in [5, 5.41) is 20.3. The van der Waals surface area contributed by atoms with Crippen LogP contribution in [0.2, 0.25) is 5.28 Å². The number of aromatic nitrogens is 5. The van der Waals surface area contributed by atoms with E-state index in [1.807, 2.05) is 44.3 Å². The minimum atomic E-state index is -0.799. The molecule has 13 nitrogen and oxygen atoms in total. The molecule has 1 radical (unpaired) electrons. The van der Waals surface area contributed by atoms with Crippen LogP contribution in [0.15, 0.2) is 30.5 Å². The van der Waals surface area contributed by atoms with Crippen LogP contribution < -0.4 is 19.3 Å². The molecule has 53 heavy (non-hydrogen) atoms. The van der Waals surface area contributed by atoms with Crippen molar-refractivity contribution < 1.29 is 37.5 Å². The number of morpholine rings is 2. The van der Waals surface area contributed by atoms with Gasteiger partial charge in [0.05, 0.1) is 61.5 Å². The van der Waals surface area contributed by atoms with Crippen molar-refractivity contribution in [2.75, 3.05) is 62.5 Å². The molecule has 0 aliphatic carbocycles. The Balaban J connectivity index is 0.000000191. The second-order valence-corrected chi connectivity index (χ2v) is 15.0. The number of H-pyrrole nitrogens is 1. The minimum absolute atomic E-state index is 0. The van der Waals surface area contributed by atoms with Gasteiger partial charge in [-0.1, -0.05) is 19.1 Å². The predicted molar refractivity (Wildman–Crippen MR) is 207 cm³/mol. The Kier molecular flexibility index (Phi) is 13.4. The number of nitrogens with zero attached hydrogens (tertiary/aromatic N) is 8. The Hall–Kier alpha value is -3.38. The van der Waals surface area contributed by atoms with Crippen molar-refractivity contribution in [3.63, 3.8) is 0 Å². The monoisotopic (exact) mass is 889 g/mol. The van der Waals surface area contributed by atoms with Gasteiger partial charge in [0.25, 0.3) is 0 Å².